The zero-order valence-corrected chi connectivity index (χ0v) is 16.5. The van der Waals surface area contributed by atoms with Crippen LogP contribution in [0.3, 0.4) is 0 Å². The first-order valence-electron chi connectivity index (χ1n) is 7.51. The summed E-state index contributed by atoms with van der Waals surface area (Å²) in [4.78, 5) is 33.1. The molecule has 6 heteroatoms. The van der Waals surface area contributed by atoms with Gasteiger partial charge in [0.2, 0.25) is 0 Å². The standard InChI is InChI=1S/C14H10N3.C5H8O2.Os/c1-3-9-15-11(5-1)13-7-8-14(17-13)12-6-2-4-10-16-12;1-4(6)3-5(2)7;/h1-10H;3H2,1-2H3;/q-1;;+1. The Kier molecular flexibility index (Phi) is 8.59. The van der Waals surface area contributed by atoms with Gasteiger partial charge in [-0.05, 0) is 38.1 Å². The molecule has 25 heavy (non-hydrogen) atoms. The van der Waals surface area contributed by atoms with Crippen molar-refractivity contribution in [1.82, 2.24) is 15.0 Å². The molecule has 3 aromatic heterocycles. The van der Waals surface area contributed by atoms with E-state index in [1.54, 1.807) is 12.4 Å². The Morgan fingerprint density at radius 1 is 0.800 bits per heavy atom. The fraction of sp³-hybridized carbons (Fsp3) is 0.158. The van der Waals surface area contributed by atoms with Crippen LogP contribution in [0, 0.1) is 0 Å². The van der Waals surface area contributed by atoms with Gasteiger partial charge < -0.3 is 4.98 Å². The van der Waals surface area contributed by atoms with Crippen LogP contribution in [0.25, 0.3) is 22.8 Å². The third-order valence-corrected chi connectivity index (χ3v) is 2.99. The van der Waals surface area contributed by atoms with Crippen LogP contribution >= 0.6 is 0 Å². The topological polar surface area (TPSA) is 74.0 Å². The molecule has 0 aliphatic heterocycles. The SMILES string of the molecule is CC(=O)CC(C)=O.[Os+].c1ccc(-c2ccc(-c3ccccn3)[n-]2)nc1. The second-order valence-corrected chi connectivity index (χ2v) is 5.23. The van der Waals surface area contributed by atoms with Gasteiger partial charge in [0.15, 0.2) is 0 Å². The van der Waals surface area contributed by atoms with E-state index >= 15 is 0 Å². The molecule has 0 unspecified atom stereocenters. The quantitative estimate of drug-likeness (QED) is 0.504. The number of nitrogens with zero attached hydrogens (tertiary/aromatic N) is 3. The molecule has 129 valence electrons. The van der Waals surface area contributed by atoms with Crippen molar-refractivity contribution in [3.8, 4) is 22.8 Å². The zero-order chi connectivity index (χ0) is 17.4. The predicted octanol–water partition coefficient (Wildman–Crippen LogP) is 3.32. The summed E-state index contributed by atoms with van der Waals surface area (Å²) in [5.41, 5.74) is 3.53. The van der Waals surface area contributed by atoms with E-state index in [4.69, 9.17) is 0 Å². The number of aromatic nitrogens is 3. The Hall–Kier alpha value is -2.44. The van der Waals surface area contributed by atoms with E-state index in [-0.39, 0.29) is 37.8 Å². The number of hydrogen-bond donors (Lipinski definition) is 0. The average molecular weight is 511 g/mol. The minimum absolute atomic E-state index is 0. The van der Waals surface area contributed by atoms with Gasteiger partial charge >= 0.3 is 19.8 Å². The van der Waals surface area contributed by atoms with E-state index in [0.29, 0.717) is 0 Å². The van der Waals surface area contributed by atoms with E-state index in [0.717, 1.165) is 22.8 Å². The molecule has 0 atom stereocenters. The van der Waals surface area contributed by atoms with Crippen LogP contribution in [0.2, 0.25) is 0 Å². The minimum Gasteiger partial charge on any atom is -0.654 e. The molecule has 0 amide bonds. The van der Waals surface area contributed by atoms with Crippen LogP contribution in [-0.2, 0) is 29.4 Å². The van der Waals surface area contributed by atoms with Gasteiger partial charge in [-0.3, -0.25) is 19.6 Å². The van der Waals surface area contributed by atoms with E-state index in [1.165, 1.54) is 13.8 Å². The molecule has 0 spiro atoms. The normalized spacial score (nSPS) is 9.36. The number of rotatable bonds is 4. The Morgan fingerprint density at radius 2 is 1.24 bits per heavy atom. The first kappa shape index (κ1) is 20.6. The third-order valence-electron chi connectivity index (χ3n) is 2.99. The Bertz CT molecular complexity index is 736. The van der Waals surface area contributed by atoms with E-state index in [1.807, 2.05) is 48.5 Å². The van der Waals surface area contributed by atoms with E-state index in [2.05, 4.69) is 15.0 Å². The molecular weight excluding hydrogens is 492 g/mol. The van der Waals surface area contributed by atoms with Crippen LogP contribution in [0.4, 0.5) is 0 Å². The van der Waals surface area contributed by atoms with Crippen LogP contribution in [0.1, 0.15) is 20.3 Å². The van der Waals surface area contributed by atoms with Gasteiger partial charge in [0.1, 0.15) is 11.6 Å². The number of pyridine rings is 2. The predicted molar refractivity (Wildman–Crippen MR) is 92.2 cm³/mol. The fourth-order valence-corrected chi connectivity index (χ4v) is 2.03. The molecule has 3 rings (SSSR count). The summed E-state index contributed by atoms with van der Waals surface area (Å²) < 4.78 is 0. The maximum Gasteiger partial charge on any atom is 1.00 e. The molecular formula is C19H18N3O2Os. The average Bonchev–Trinajstić information content (AvgIpc) is 3.06. The van der Waals surface area contributed by atoms with Crippen molar-refractivity contribution in [1.29, 1.82) is 0 Å². The van der Waals surface area contributed by atoms with E-state index in [9.17, 15) is 9.59 Å². The van der Waals surface area contributed by atoms with Gasteiger partial charge in [0.05, 0.1) is 6.42 Å². The second kappa shape index (κ2) is 10.4. The molecule has 0 saturated carbocycles. The van der Waals surface area contributed by atoms with Gasteiger partial charge in [0, 0.05) is 23.8 Å². The second-order valence-electron chi connectivity index (χ2n) is 5.23. The summed E-state index contributed by atoms with van der Waals surface area (Å²) in [7, 11) is 0. The van der Waals surface area contributed by atoms with Crippen LogP contribution in [0.15, 0.2) is 60.9 Å². The summed E-state index contributed by atoms with van der Waals surface area (Å²) in [6, 6.07) is 15.5. The molecule has 0 aromatic carbocycles. The van der Waals surface area contributed by atoms with Gasteiger partial charge in [-0.2, -0.15) is 0 Å². The van der Waals surface area contributed by atoms with Crippen molar-refractivity contribution in [2.24, 2.45) is 0 Å². The van der Waals surface area contributed by atoms with Crippen molar-refractivity contribution in [3.63, 3.8) is 0 Å². The van der Waals surface area contributed by atoms with Crippen molar-refractivity contribution in [2.45, 2.75) is 20.3 Å². The molecule has 5 nitrogen and oxygen atoms in total. The summed E-state index contributed by atoms with van der Waals surface area (Å²) in [6.45, 7) is 2.81. The monoisotopic (exact) mass is 512 g/mol. The Morgan fingerprint density at radius 3 is 1.52 bits per heavy atom. The summed E-state index contributed by atoms with van der Waals surface area (Å²) in [5, 5.41) is 0. The van der Waals surface area contributed by atoms with Gasteiger partial charge in [-0.15, -0.1) is 11.4 Å². The number of carbonyl (C=O) groups is 2. The molecule has 0 N–H and O–H groups in total. The minimum atomic E-state index is -0.0625. The molecule has 0 bridgehead atoms. The Labute approximate surface area is 160 Å². The first-order chi connectivity index (χ1) is 11.6. The van der Waals surface area contributed by atoms with E-state index < -0.39 is 0 Å². The molecule has 0 aliphatic rings. The number of hydrogen-bond acceptors (Lipinski definition) is 4. The molecule has 1 radical (unpaired) electrons. The molecule has 0 aliphatic carbocycles. The Balaban J connectivity index is 0.000000339. The smallest absolute Gasteiger partial charge is 0.654 e. The van der Waals surface area contributed by atoms with Crippen molar-refractivity contribution >= 4 is 11.6 Å². The number of ketones is 2. The van der Waals surface area contributed by atoms with Crippen molar-refractivity contribution in [3.05, 3.63) is 60.9 Å². The van der Waals surface area contributed by atoms with Crippen LogP contribution < -0.4 is 4.98 Å². The van der Waals surface area contributed by atoms with Gasteiger partial charge in [0.25, 0.3) is 0 Å². The van der Waals surface area contributed by atoms with Gasteiger partial charge in [-0.25, -0.2) is 0 Å². The molecule has 0 fully saturated rings. The van der Waals surface area contributed by atoms with Crippen molar-refractivity contribution in [2.75, 3.05) is 0 Å². The summed E-state index contributed by atoms with van der Waals surface area (Å²) in [6.07, 6.45) is 3.62. The summed E-state index contributed by atoms with van der Waals surface area (Å²) >= 11 is 0. The molecule has 3 heterocycles. The molecule has 3 aromatic rings. The van der Waals surface area contributed by atoms with Crippen molar-refractivity contribution < 1.29 is 29.4 Å². The van der Waals surface area contributed by atoms with Crippen LogP contribution in [-0.4, -0.2) is 21.5 Å². The number of Topliss-reactive ketones (excluding diaryl/α,β-unsaturated/α-hetero) is 2. The van der Waals surface area contributed by atoms with Gasteiger partial charge in [-0.1, -0.05) is 24.3 Å². The summed E-state index contributed by atoms with van der Waals surface area (Å²) in [5.74, 6) is -0.125. The fourth-order valence-electron chi connectivity index (χ4n) is 2.03. The number of carbonyl (C=O) groups excluding carboxylic acids is 2. The van der Waals surface area contributed by atoms with Crippen LogP contribution in [0.5, 0.6) is 0 Å². The largest absolute Gasteiger partial charge is 1.00 e. The first-order valence-corrected chi connectivity index (χ1v) is 7.51. The third kappa shape index (κ3) is 6.90. The maximum atomic E-state index is 10.0. The maximum absolute atomic E-state index is 10.0. The molecule has 0 saturated heterocycles. The zero-order valence-electron chi connectivity index (χ0n) is 14.0.